The molecular formula is C13H21N5O2. The van der Waals surface area contributed by atoms with Crippen LogP contribution in [0.2, 0.25) is 0 Å². The van der Waals surface area contributed by atoms with Crippen molar-refractivity contribution in [2.45, 2.75) is 32.8 Å². The minimum Gasteiger partial charge on any atom is -0.444 e. The van der Waals surface area contributed by atoms with E-state index in [0.717, 1.165) is 13.0 Å². The Morgan fingerprint density at radius 2 is 2.00 bits per heavy atom. The van der Waals surface area contributed by atoms with Crippen LogP contribution in [0, 0.1) is 0 Å². The fourth-order valence-electron chi connectivity index (χ4n) is 2.01. The Kier molecular flexibility index (Phi) is 4.36. The van der Waals surface area contributed by atoms with Gasteiger partial charge < -0.3 is 14.5 Å². The number of ether oxygens (including phenoxy) is 1. The van der Waals surface area contributed by atoms with Crippen LogP contribution in [-0.2, 0) is 4.74 Å². The molecule has 110 valence electrons. The maximum atomic E-state index is 12.1. The van der Waals surface area contributed by atoms with Gasteiger partial charge in [-0.15, -0.1) is 5.10 Å². The zero-order valence-corrected chi connectivity index (χ0v) is 12.2. The van der Waals surface area contributed by atoms with Crippen LogP contribution in [0.25, 0.3) is 0 Å². The molecule has 1 aromatic heterocycles. The smallest absolute Gasteiger partial charge is 0.410 e. The second kappa shape index (κ2) is 6.02. The first kappa shape index (κ1) is 14.5. The van der Waals surface area contributed by atoms with Crippen molar-refractivity contribution >= 4 is 12.0 Å². The quantitative estimate of drug-likeness (QED) is 0.772. The number of hydrogen-bond acceptors (Lipinski definition) is 6. The number of aromatic nitrogens is 3. The summed E-state index contributed by atoms with van der Waals surface area (Å²) in [7, 11) is 0. The zero-order chi connectivity index (χ0) is 14.6. The summed E-state index contributed by atoms with van der Waals surface area (Å²) in [5, 5.41) is 7.84. The molecule has 2 rings (SSSR count). The zero-order valence-electron chi connectivity index (χ0n) is 12.2. The summed E-state index contributed by atoms with van der Waals surface area (Å²) in [5.41, 5.74) is -0.463. The first-order valence-corrected chi connectivity index (χ1v) is 6.82. The normalized spacial score (nSPS) is 16.8. The molecule has 0 radical (unpaired) electrons. The van der Waals surface area contributed by atoms with Crippen LogP contribution in [0.15, 0.2) is 12.4 Å². The number of rotatable bonds is 1. The van der Waals surface area contributed by atoms with Crippen LogP contribution >= 0.6 is 0 Å². The maximum Gasteiger partial charge on any atom is 0.410 e. The minimum atomic E-state index is -0.463. The average Bonchev–Trinajstić information content (AvgIpc) is 2.63. The molecule has 0 unspecified atom stereocenters. The lowest BCUT2D eigenvalue weighted by molar-refractivity contribution is 0.0263. The van der Waals surface area contributed by atoms with E-state index in [1.54, 1.807) is 17.3 Å². The molecule has 0 spiro atoms. The Balaban J connectivity index is 1.94. The number of anilines is 1. The summed E-state index contributed by atoms with van der Waals surface area (Å²) in [6.45, 7) is 8.41. The molecule has 1 fully saturated rings. The van der Waals surface area contributed by atoms with Gasteiger partial charge in [0.2, 0.25) is 5.95 Å². The summed E-state index contributed by atoms with van der Waals surface area (Å²) in [6.07, 6.45) is 3.77. The average molecular weight is 279 g/mol. The Bertz CT molecular complexity index is 446. The van der Waals surface area contributed by atoms with Gasteiger partial charge in [-0.05, 0) is 27.2 Å². The number of amides is 1. The highest BCUT2D eigenvalue weighted by atomic mass is 16.6. The molecule has 0 saturated carbocycles. The fraction of sp³-hybridized carbons (Fsp3) is 0.692. The largest absolute Gasteiger partial charge is 0.444 e. The van der Waals surface area contributed by atoms with E-state index in [0.29, 0.717) is 25.6 Å². The van der Waals surface area contributed by atoms with Gasteiger partial charge in [0.15, 0.2) is 0 Å². The van der Waals surface area contributed by atoms with E-state index in [9.17, 15) is 4.79 Å². The van der Waals surface area contributed by atoms with Crippen LogP contribution in [0.3, 0.4) is 0 Å². The van der Waals surface area contributed by atoms with Gasteiger partial charge >= 0.3 is 6.09 Å². The standard InChI is InChI=1S/C13H21N5O2/c1-13(2,3)20-12(19)18-8-4-7-17(9-10-18)11-14-5-6-15-16-11/h5-6H,4,7-10H2,1-3H3. The molecule has 1 amide bonds. The van der Waals surface area contributed by atoms with Gasteiger partial charge in [-0.2, -0.15) is 5.10 Å². The van der Waals surface area contributed by atoms with Crippen LogP contribution in [0.5, 0.6) is 0 Å². The summed E-state index contributed by atoms with van der Waals surface area (Å²) >= 11 is 0. The van der Waals surface area contributed by atoms with E-state index >= 15 is 0 Å². The van der Waals surface area contributed by atoms with Gasteiger partial charge in [0.25, 0.3) is 0 Å². The predicted molar refractivity (Wildman–Crippen MR) is 74.5 cm³/mol. The van der Waals surface area contributed by atoms with Gasteiger partial charge in [0.05, 0.1) is 12.4 Å². The van der Waals surface area contributed by atoms with E-state index in [4.69, 9.17) is 4.74 Å². The topological polar surface area (TPSA) is 71.5 Å². The monoisotopic (exact) mass is 279 g/mol. The first-order chi connectivity index (χ1) is 9.46. The molecule has 7 heteroatoms. The SMILES string of the molecule is CC(C)(C)OC(=O)N1CCCN(c2nccnn2)CC1. The van der Waals surface area contributed by atoms with Crippen molar-refractivity contribution in [3.8, 4) is 0 Å². The Morgan fingerprint density at radius 3 is 2.65 bits per heavy atom. The Morgan fingerprint density at radius 1 is 1.20 bits per heavy atom. The lowest BCUT2D eigenvalue weighted by atomic mass is 10.2. The molecule has 1 aromatic rings. The third-order valence-corrected chi connectivity index (χ3v) is 2.90. The Labute approximate surface area is 118 Å². The van der Waals surface area contributed by atoms with Crippen molar-refractivity contribution in [1.29, 1.82) is 0 Å². The van der Waals surface area contributed by atoms with Gasteiger partial charge in [0, 0.05) is 26.2 Å². The van der Waals surface area contributed by atoms with Gasteiger partial charge in [-0.25, -0.2) is 9.78 Å². The van der Waals surface area contributed by atoms with Crippen molar-refractivity contribution in [2.75, 3.05) is 31.1 Å². The van der Waals surface area contributed by atoms with Crippen molar-refractivity contribution in [3.05, 3.63) is 12.4 Å². The highest BCUT2D eigenvalue weighted by Gasteiger charge is 2.25. The molecule has 1 aliphatic rings. The van der Waals surface area contributed by atoms with E-state index in [-0.39, 0.29) is 6.09 Å². The number of carbonyl (C=O) groups excluding carboxylic acids is 1. The van der Waals surface area contributed by atoms with Crippen molar-refractivity contribution in [2.24, 2.45) is 0 Å². The number of hydrogen-bond donors (Lipinski definition) is 0. The number of carbonyl (C=O) groups is 1. The molecule has 0 aliphatic carbocycles. The molecule has 1 saturated heterocycles. The van der Waals surface area contributed by atoms with Crippen molar-refractivity contribution < 1.29 is 9.53 Å². The van der Waals surface area contributed by atoms with Gasteiger partial charge in [0.1, 0.15) is 5.60 Å². The third-order valence-electron chi connectivity index (χ3n) is 2.90. The predicted octanol–water partition coefficient (Wildman–Crippen LogP) is 1.32. The van der Waals surface area contributed by atoms with Crippen LogP contribution in [0.1, 0.15) is 27.2 Å². The van der Waals surface area contributed by atoms with Gasteiger partial charge in [-0.3, -0.25) is 0 Å². The fourth-order valence-corrected chi connectivity index (χ4v) is 2.01. The highest BCUT2D eigenvalue weighted by molar-refractivity contribution is 5.68. The minimum absolute atomic E-state index is 0.258. The van der Waals surface area contributed by atoms with E-state index in [1.807, 2.05) is 25.7 Å². The van der Waals surface area contributed by atoms with Crippen LogP contribution in [0.4, 0.5) is 10.7 Å². The molecule has 2 heterocycles. The summed E-state index contributed by atoms with van der Waals surface area (Å²) in [6, 6.07) is 0. The molecule has 20 heavy (non-hydrogen) atoms. The summed E-state index contributed by atoms with van der Waals surface area (Å²) in [4.78, 5) is 20.0. The molecule has 0 atom stereocenters. The molecule has 1 aliphatic heterocycles. The molecule has 7 nitrogen and oxygen atoms in total. The lowest BCUT2D eigenvalue weighted by Gasteiger charge is -2.26. The molecule has 0 aromatic carbocycles. The maximum absolute atomic E-state index is 12.1. The van der Waals surface area contributed by atoms with E-state index in [1.165, 1.54) is 0 Å². The van der Waals surface area contributed by atoms with Crippen molar-refractivity contribution in [1.82, 2.24) is 20.1 Å². The molecular weight excluding hydrogens is 258 g/mol. The van der Waals surface area contributed by atoms with E-state index in [2.05, 4.69) is 15.2 Å². The van der Waals surface area contributed by atoms with Crippen LogP contribution in [-0.4, -0.2) is 58.0 Å². The highest BCUT2D eigenvalue weighted by Crippen LogP contribution is 2.13. The second-order valence-corrected chi connectivity index (χ2v) is 5.75. The summed E-state index contributed by atoms with van der Waals surface area (Å²) < 4.78 is 5.40. The van der Waals surface area contributed by atoms with Gasteiger partial charge in [-0.1, -0.05) is 0 Å². The second-order valence-electron chi connectivity index (χ2n) is 5.75. The first-order valence-electron chi connectivity index (χ1n) is 6.82. The molecule has 0 bridgehead atoms. The third kappa shape index (κ3) is 4.04. The number of nitrogens with zero attached hydrogens (tertiary/aromatic N) is 5. The van der Waals surface area contributed by atoms with E-state index < -0.39 is 5.60 Å². The summed E-state index contributed by atoms with van der Waals surface area (Å²) in [5.74, 6) is 0.610. The lowest BCUT2D eigenvalue weighted by Crippen LogP contribution is -2.39. The van der Waals surface area contributed by atoms with Crippen LogP contribution < -0.4 is 4.90 Å². The van der Waals surface area contributed by atoms with Crippen molar-refractivity contribution in [3.63, 3.8) is 0 Å². The Hall–Kier alpha value is -1.92. The molecule has 0 N–H and O–H groups in total.